The molecule has 0 spiro atoms. The lowest BCUT2D eigenvalue weighted by Crippen LogP contribution is -2.50. The molecule has 0 aromatic rings. The number of carbonyl (C=O) groups is 1. The first-order chi connectivity index (χ1) is 9.13. The van der Waals surface area contributed by atoms with Crippen LogP contribution < -0.4 is 5.32 Å². The summed E-state index contributed by atoms with van der Waals surface area (Å²) >= 11 is 0. The van der Waals surface area contributed by atoms with Gasteiger partial charge < -0.3 is 10.2 Å². The molecular formula is C15H29N3O. The number of nitrogens with zero attached hydrogens (tertiary/aromatic N) is 2. The maximum Gasteiger partial charge on any atom is 0.239 e. The molecule has 3 atom stereocenters. The topological polar surface area (TPSA) is 35.6 Å². The molecule has 19 heavy (non-hydrogen) atoms. The number of nitrogens with one attached hydrogen (secondary N) is 1. The number of amides is 1. The van der Waals surface area contributed by atoms with E-state index in [-0.39, 0.29) is 6.04 Å². The van der Waals surface area contributed by atoms with Gasteiger partial charge in [0.05, 0.1) is 6.04 Å². The van der Waals surface area contributed by atoms with E-state index < -0.39 is 0 Å². The third-order valence-corrected chi connectivity index (χ3v) is 4.75. The van der Waals surface area contributed by atoms with Crippen LogP contribution in [0.4, 0.5) is 0 Å². The molecule has 0 aromatic carbocycles. The molecule has 2 rings (SSSR count). The second-order valence-electron chi connectivity index (χ2n) is 6.20. The second-order valence-corrected chi connectivity index (χ2v) is 6.20. The molecule has 1 amide bonds. The van der Waals surface area contributed by atoms with Gasteiger partial charge in [0.25, 0.3) is 0 Å². The van der Waals surface area contributed by atoms with Gasteiger partial charge in [-0.25, -0.2) is 0 Å². The minimum atomic E-state index is 0.158. The van der Waals surface area contributed by atoms with Crippen molar-refractivity contribution < 1.29 is 4.79 Å². The monoisotopic (exact) mass is 267 g/mol. The summed E-state index contributed by atoms with van der Waals surface area (Å²) in [6, 6.07) is 0.725. The zero-order valence-corrected chi connectivity index (χ0v) is 12.7. The zero-order valence-electron chi connectivity index (χ0n) is 12.7. The first-order valence-electron chi connectivity index (χ1n) is 7.86. The third kappa shape index (κ3) is 3.48. The van der Waals surface area contributed by atoms with E-state index in [9.17, 15) is 4.79 Å². The lowest BCUT2D eigenvalue weighted by molar-refractivity contribution is -0.131. The van der Waals surface area contributed by atoms with Gasteiger partial charge in [-0.05, 0) is 51.6 Å². The highest BCUT2D eigenvalue weighted by molar-refractivity contribution is 5.83. The highest BCUT2D eigenvalue weighted by Gasteiger charge is 2.36. The summed E-state index contributed by atoms with van der Waals surface area (Å²) in [5.74, 6) is 1.02. The lowest BCUT2D eigenvalue weighted by Gasteiger charge is -2.38. The van der Waals surface area contributed by atoms with Crippen LogP contribution in [0.15, 0.2) is 0 Å². The molecule has 0 bridgehead atoms. The molecular weight excluding hydrogens is 238 g/mol. The van der Waals surface area contributed by atoms with Crippen molar-refractivity contribution in [1.82, 2.24) is 15.1 Å². The first-order valence-corrected chi connectivity index (χ1v) is 7.86. The molecule has 2 aliphatic rings. The summed E-state index contributed by atoms with van der Waals surface area (Å²) in [5, 5.41) is 3.61. The van der Waals surface area contributed by atoms with Crippen LogP contribution in [0.25, 0.3) is 0 Å². The second kappa shape index (κ2) is 6.71. The molecule has 0 aliphatic carbocycles. The van der Waals surface area contributed by atoms with Crippen LogP contribution in [0.2, 0.25) is 0 Å². The molecule has 0 radical (unpaired) electrons. The van der Waals surface area contributed by atoms with E-state index in [1.165, 1.54) is 19.3 Å². The van der Waals surface area contributed by atoms with E-state index in [1.807, 2.05) is 11.9 Å². The van der Waals surface area contributed by atoms with Crippen molar-refractivity contribution in [2.75, 3.05) is 33.2 Å². The molecule has 4 heteroatoms. The lowest BCUT2D eigenvalue weighted by atomic mass is 9.90. The molecule has 110 valence electrons. The molecule has 0 aromatic heterocycles. The Hall–Kier alpha value is -0.610. The van der Waals surface area contributed by atoms with Gasteiger partial charge in [-0.2, -0.15) is 0 Å². The van der Waals surface area contributed by atoms with Gasteiger partial charge in [0.1, 0.15) is 0 Å². The minimum absolute atomic E-state index is 0.158. The SMILES string of the molecule is CCCNC(C)C1CCCN(C2CCN(C)C2=O)C1. The number of piperidine rings is 1. The predicted molar refractivity (Wildman–Crippen MR) is 78.1 cm³/mol. The Bertz CT molecular complexity index is 308. The van der Waals surface area contributed by atoms with Crippen LogP contribution in [0.3, 0.4) is 0 Å². The Labute approximate surface area is 117 Å². The Morgan fingerprint density at radius 1 is 1.37 bits per heavy atom. The van der Waals surface area contributed by atoms with E-state index in [4.69, 9.17) is 0 Å². The van der Waals surface area contributed by atoms with Crippen LogP contribution >= 0.6 is 0 Å². The van der Waals surface area contributed by atoms with Gasteiger partial charge in [0, 0.05) is 26.2 Å². The summed E-state index contributed by atoms with van der Waals surface area (Å²) in [7, 11) is 1.93. The number of carbonyl (C=O) groups excluding carboxylic acids is 1. The van der Waals surface area contributed by atoms with E-state index in [1.54, 1.807) is 0 Å². The Kier molecular flexibility index (Phi) is 5.22. The number of rotatable bonds is 5. The molecule has 3 unspecified atom stereocenters. The number of likely N-dealkylation sites (N-methyl/N-ethyl adjacent to an activating group) is 1. The normalized spacial score (nSPS) is 30.9. The fourth-order valence-corrected chi connectivity index (χ4v) is 3.41. The molecule has 2 saturated heterocycles. The molecule has 2 aliphatic heterocycles. The molecule has 0 saturated carbocycles. The minimum Gasteiger partial charge on any atom is -0.344 e. The van der Waals surface area contributed by atoms with Gasteiger partial charge in [-0.1, -0.05) is 6.92 Å². The highest BCUT2D eigenvalue weighted by atomic mass is 16.2. The van der Waals surface area contributed by atoms with Crippen LogP contribution in [0, 0.1) is 5.92 Å². The highest BCUT2D eigenvalue weighted by Crippen LogP contribution is 2.25. The van der Waals surface area contributed by atoms with E-state index in [0.717, 1.165) is 32.6 Å². The van der Waals surface area contributed by atoms with Crippen molar-refractivity contribution in [2.24, 2.45) is 5.92 Å². The van der Waals surface area contributed by atoms with Gasteiger partial charge in [0.15, 0.2) is 0 Å². The van der Waals surface area contributed by atoms with Crippen LogP contribution in [-0.2, 0) is 4.79 Å². The van der Waals surface area contributed by atoms with Gasteiger partial charge >= 0.3 is 0 Å². The summed E-state index contributed by atoms with van der Waals surface area (Å²) in [6.07, 6.45) is 4.73. The quantitative estimate of drug-likeness (QED) is 0.816. The largest absolute Gasteiger partial charge is 0.344 e. The third-order valence-electron chi connectivity index (χ3n) is 4.75. The van der Waals surface area contributed by atoms with Crippen molar-refractivity contribution in [3.63, 3.8) is 0 Å². The van der Waals surface area contributed by atoms with Crippen molar-refractivity contribution in [1.29, 1.82) is 0 Å². The van der Waals surface area contributed by atoms with E-state index in [0.29, 0.717) is 17.9 Å². The number of hydrogen-bond donors (Lipinski definition) is 1. The maximum atomic E-state index is 12.1. The summed E-state index contributed by atoms with van der Waals surface area (Å²) < 4.78 is 0. The summed E-state index contributed by atoms with van der Waals surface area (Å²) in [5.41, 5.74) is 0. The number of likely N-dealkylation sites (tertiary alicyclic amines) is 2. The van der Waals surface area contributed by atoms with Gasteiger partial charge in [0.2, 0.25) is 5.91 Å². The Morgan fingerprint density at radius 2 is 2.16 bits per heavy atom. The van der Waals surface area contributed by atoms with Crippen molar-refractivity contribution >= 4 is 5.91 Å². The van der Waals surface area contributed by atoms with Gasteiger partial charge in [-0.15, -0.1) is 0 Å². The van der Waals surface area contributed by atoms with Gasteiger partial charge in [-0.3, -0.25) is 9.69 Å². The first kappa shape index (κ1) is 14.8. The molecule has 1 N–H and O–H groups in total. The van der Waals surface area contributed by atoms with Crippen molar-refractivity contribution in [2.45, 2.75) is 51.6 Å². The van der Waals surface area contributed by atoms with E-state index in [2.05, 4.69) is 24.1 Å². The Morgan fingerprint density at radius 3 is 2.79 bits per heavy atom. The fraction of sp³-hybridized carbons (Fsp3) is 0.933. The predicted octanol–water partition coefficient (Wildman–Crippen LogP) is 1.32. The molecule has 4 nitrogen and oxygen atoms in total. The average Bonchev–Trinajstić information content (AvgIpc) is 2.76. The standard InChI is InChI=1S/C15H29N3O/c1-4-8-16-12(2)13-6-5-9-18(11-13)14-7-10-17(3)15(14)19/h12-14,16H,4-11H2,1-3H3. The zero-order chi connectivity index (χ0) is 13.8. The summed E-state index contributed by atoms with van der Waals surface area (Å²) in [4.78, 5) is 16.4. The van der Waals surface area contributed by atoms with Crippen LogP contribution in [-0.4, -0.2) is 61.0 Å². The molecule has 2 heterocycles. The Balaban J connectivity index is 1.88. The van der Waals surface area contributed by atoms with Crippen molar-refractivity contribution in [3.05, 3.63) is 0 Å². The van der Waals surface area contributed by atoms with Crippen LogP contribution in [0.5, 0.6) is 0 Å². The fourth-order valence-electron chi connectivity index (χ4n) is 3.41. The van der Waals surface area contributed by atoms with E-state index >= 15 is 0 Å². The smallest absolute Gasteiger partial charge is 0.239 e. The summed E-state index contributed by atoms with van der Waals surface area (Å²) in [6.45, 7) is 8.72. The average molecular weight is 267 g/mol. The van der Waals surface area contributed by atoms with Crippen molar-refractivity contribution in [3.8, 4) is 0 Å². The maximum absolute atomic E-state index is 12.1. The molecule has 2 fully saturated rings. The van der Waals surface area contributed by atoms with Crippen LogP contribution in [0.1, 0.15) is 39.5 Å². The number of hydrogen-bond acceptors (Lipinski definition) is 3.